The first-order valence-electron chi connectivity index (χ1n) is 11.6. The maximum absolute atomic E-state index is 12.3. The van der Waals surface area contributed by atoms with Crippen molar-refractivity contribution in [3.05, 3.63) is 48.7 Å². The fourth-order valence-corrected chi connectivity index (χ4v) is 4.13. The number of nitrogens with zero attached hydrogens (tertiary/aromatic N) is 4. The summed E-state index contributed by atoms with van der Waals surface area (Å²) in [6.45, 7) is 5.68. The fourth-order valence-electron chi connectivity index (χ4n) is 4.06. The third-order valence-electron chi connectivity index (χ3n) is 5.75. The molecule has 4 rings (SSSR count). The van der Waals surface area contributed by atoms with Gasteiger partial charge in [-0.25, -0.2) is 4.98 Å². The number of alkyl halides is 1. The fraction of sp³-hybridized carbons (Fsp3) is 0.280. The first kappa shape index (κ1) is 25.1. The molecule has 3 aromatic rings. The van der Waals surface area contributed by atoms with Gasteiger partial charge in [-0.15, -0.1) is 11.6 Å². The van der Waals surface area contributed by atoms with Crippen LogP contribution in [0.25, 0.3) is 0 Å². The zero-order chi connectivity index (χ0) is 25.7. The highest BCUT2D eigenvalue weighted by Gasteiger charge is 2.24. The Morgan fingerprint density at radius 3 is 2.69 bits per heavy atom. The van der Waals surface area contributed by atoms with E-state index in [-0.39, 0.29) is 24.2 Å². The third-order valence-corrected chi connectivity index (χ3v) is 5.99. The van der Waals surface area contributed by atoms with Crippen LogP contribution in [-0.2, 0) is 9.59 Å². The largest absolute Gasteiger partial charge is 0.494 e. The molecule has 0 radical (unpaired) electrons. The Hall–Kier alpha value is -4.05. The molecule has 0 fully saturated rings. The monoisotopic (exact) mass is 509 g/mol. The number of methoxy groups -OCH3 is 1. The van der Waals surface area contributed by atoms with E-state index in [1.807, 2.05) is 49.1 Å². The molecule has 11 heteroatoms. The van der Waals surface area contributed by atoms with Gasteiger partial charge in [0.15, 0.2) is 0 Å². The molecule has 1 aliphatic rings. The van der Waals surface area contributed by atoms with Crippen molar-refractivity contribution in [3.63, 3.8) is 0 Å². The molecule has 2 amide bonds. The predicted molar refractivity (Wildman–Crippen MR) is 143 cm³/mol. The Kier molecular flexibility index (Phi) is 7.74. The number of rotatable bonds is 9. The first-order chi connectivity index (χ1) is 17.5. The van der Waals surface area contributed by atoms with Crippen molar-refractivity contribution in [2.24, 2.45) is 0 Å². The number of aromatic nitrogens is 2. The Morgan fingerprint density at radius 1 is 1.19 bits per heavy atom. The van der Waals surface area contributed by atoms with Crippen molar-refractivity contribution in [1.29, 1.82) is 0 Å². The standard InChI is InChI=1S/C25H28ClN7O3/c1-4-32(5-2)20-13-21(36-3)18(12-17(20)29-23(34)14-26)30-25-27-11-10-22(31-25)33-15-24(35)28-16-8-6-7-9-19(16)33/h6-13H,4-5,14-15H2,1-3H3,(H,28,35)(H,29,34)(H,27,30,31). The second-order valence-electron chi connectivity index (χ2n) is 7.94. The van der Waals surface area contributed by atoms with E-state index in [9.17, 15) is 9.59 Å². The van der Waals surface area contributed by atoms with Gasteiger partial charge in [-0.3, -0.25) is 9.59 Å². The summed E-state index contributed by atoms with van der Waals surface area (Å²) in [5.74, 6) is 0.806. The van der Waals surface area contributed by atoms with Crippen LogP contribution in [0.15, 0.2) is 48.7 Å². The van der Waals surface area contributed by atoms with Gasteiger partial charge in [0.05, 0.1) is 35.5 Å². The molecule has 2 heterocycles. The summed E-state index contributed by atoms with van der Waals surface area (Å²) in [5, 5.41) is 8.93. The van der Waals surface area contributed by atoms with Gasteiger partial charge in [-0.1, -0.05) is 12.1 Å². The minimum absolute atomic E-state index is 0.129. The molecule has 1 aromatic heterocycles. The molecule has 0 aliphatic carbocycles. The predicted octanol–water partition coefficient (Wildman–Crippen LogP) is 4.34. The molecule has 0 bridgehead atoms. The highest BCUT2D eigenvalue weighted by Crippen LogP contribution is 2.39. The van der Waals surface area contributed by atoms with E-state index >= 15 is 0 Å². The molecular weight excluding hydrogens is 482 g/mol. The molecule has 0 saturated carbocycles. The molecule has 188 valence electrons. The van der Waals surface area contributed by atoms with E-state index in [1.54, 1.807) is 25.4 Å². The molecule has 2 aromatic carbocycles. The minimum Gasteiger partial charge on any atom is -0.494 e. The second-order valence-corrected chi connectivity index (χ2v) is 8.21. The SMILES string of the molecule is CCN(CC)c1cc(OC)c(Nc2nccc(N3CC(=O)Nc4ccccc43)n2)cc1NC(=O)CCl. The lowest BCUT2D eigenvalue weighted by molar-refractivity contribution is -0.115. The van der Waals surface area contributed by atoms with Gasteiger partial charge >= 0.3 is 0 Å². The summed E-state index contributed by atoms with van der Waals surface area (Å²) < 4.78 is 5.64. The lowest BCUT2D eigenvalue weighted by Gasteiger charge is -2.30. The van der Waals surface area contributed by atoms with Crippen LogP contribution in [-0.4, -0.2) is 54.4 Å². The number of hydrogen-bond donors (Lipinski definition) is 3. The Bertz CT molecular complexity index is 1270. The average molecular weight is 510 g/mol. The molecule has 10 nitrogen and oxygen atoms in total. The lowest BCUT2D eigenvalue weighted by Crippen LogP contribution is -2.35. The Balaban J connectivity index is 1.70. The van der Waals surface area contributed by atoms with Crippen LogP contribution < -0.4 is 30.5 Å². The number of fused-ring (bicyclic) bond motifs is 1. The van der Waals surface area contributed by atoms with E-state index in [4.69, 9.17) is 16.3 Å². The summed E-state index contributed by atoms with van der Waals surface area (Å²) in [6, 6.07) is 12.9. The molecule has 0 spiro atoms. The smallest absolute Gasteiger partial charge is 0.244 e. The van der Waals surface area contributed by atoms with E-state index in [0.29, 0.717) is 28.9 Å². The molecule has 0 saturated heterocycles. The number of ether oxygens (including phenoxy) is 1. The quantitative estimate of drug-likeness (QED) is 0.365. The number of para-hydroxylation sites is 2. The number of nitrogens with one attached hydrogen (secondary N) is 3. The van der Waals surface area contributed by atoms with Gasteiger partial charge in [0.2, 0.25) is 17.8 Å². The van der Waals surface area contributed by atoms with Gasteiger partial charge in [0.25, 0.3) is 0 Å². The summed E-state index contributed by atoms with van der Waals surface area (Å²) in [6.07, 6.45) is 1.62. The van der Waals surface area contributed by atoms with Gasteiger partial charge in [-0.05, 0) is 38.1 Å². The van der Waals surface area contributed by atoms with Crippen molar-refractivity contribution in [2.75, 3.05) is 58.4 Å². The normalized spacial score (nSPS) is 12.4. The molecular formula is C25H28ClN7O3. The zero-order valence-corrected chi connectivity index (χ0v) is 21.1. The van der Waals surface area contributed by atoms with E-state index < -0.39 is 0 Å². The maximum Gasteiger partial charge on any atom is 0.244 e. The summed E-state index contributed by atoms with van der Waals surface area (Å²) >= 11 is 5.75. The van der Waals surface area contributed by atoms with Crippen LogP contribution in [0.3, 0.4) is 0 Å². The van der Waals surface area contributed by atoms with Crippen LogP contribution >= 0.6 is 11.6 Å². The van der Waals surface area contributed by atoms with Crippen LogP contribution in [0.1, 0.15) is 13.8 Å². The number of amides is 2. The summed E-state index contributed by atoms with van der Waals surface area (Å²) in [5.41, 5.74) is 3.52. The third kappa shape index (κ3) is 5.28. The topological polar surface area (TPSA) is 112 Å². The molecule has 36 heavy (non-hydrogen) atoms. The second kappa shape index (κ2) is 11.1. The van der Waals surface area contributed by atoms with E-state index in [0.717, 1.165) is 30.2 Å². The highest BCUT2D eigenvalue weighted by atomic mass is 35.5. The molecule has 0 atom stereocenters. The van der Waals surface area contributed by atoms with Crippen LogP contribution in [0, 0.1) is 0 Å². The highest BCUT2D eigenvalue weighted by molar-refractivity contribution is 6.29. The number of halogens is 1. The van der Waals surface area contributed by atoms with Gasteiger partial charge < -0.3 is 30.5 Å². The number of benzene rings is 2. The lowest BCUT2D eigenvalue weighted by atomic mass is 10.2. The number of carbonyl (C=O) groups is 2. The summed E-state index contributed by atoms with van der Waals surface area (Å²) in [7, 11) is 1.57. The minimum atomic E-state index is -0.318. The number of anilines is 7. The van der Waals surface area contributed by atoms with Crippen LogP contribution in [0.5, 0.6) is 5.75 Å². The first-order valence-corrected chi connectivity index (χ1v) is 12.1. The van der Waals surface area contributed by atoms with Crippen molar-refractivity contribution in [1.82, 2.24) is 9.97 Å². The Labute approximate surface area is 214 Å². The van der Waals surface area contributed by atoms with Gasteiger partial charge in [-0.2, -0.15) is 4.98 Å². The maximum atomic E-state index is 12.3. The van der Waals surface area contributed by atoms with Crippen molar-refractivity contribution in [2.45, 2.75) is 13.8 Å². The van der Waals surface area contributed by atoms with Crippen LogP contribution in [0.2, 0.25) is 0 Å². The average Bonchev–Trinajstić information content (AvgIpc) is 2.89. The summed E-state index contributed by atoms with van der Waals surface area (Å²) in [4.78, 5) is 37.3. The van der Waals surface area contributed by atoms with Gasteiger partial charge in [0, 0.05) is 25.4 Å². The molecule has 3 N–H and O–H groups in total. The van der Waals surface area contributed by atoms with Gasteiger partial charge in [0.1, 0.15) is 24.0 Å². The van der Waals surface area contributed by atoms with Crippen LogP contribution in [0.4, 0.5) is 40.2 Å². The Morgan fingerprint density at radius 2 is 1.97 bits per heavy atom. The molecule has 0 unspecified atom stereocenters. The number of hydrogen-bond acceptors (Lipinski definition) is 8. The van der Waals surface area contributed by atoms with Crippen molar-refractivity contribution in [3.8, 4) is 5.75 Å². The molecule has 1 aliphatic heterocycles. The zero-order valence-electron chi connectivity index (χ0n) is 20.3. The van der Waals surface area contributed by atoms with E-state index in [1.165, 1.54) is 0 Å². The van der Waals surface area contributed by atoms with Crippen molar-refractivity contribution >= 4 is 63.6 Å². The number of carbonyl (C=O) groups excluding carboxylic acids is 2. The van der Waals surface area contributed by atoms with Crippen molar-refractivity contribution < 1.29 is 14.3 Å². The van der Waals surface area contributed by atoms with E-state index in [2.05, 4.69) is 30.8 Å².